The highest BCUT2D eigenvalue weighted by atomic mass is 32.2. The number of aliphatic hydroxyl groups is 1. The van der Waals surface area contributed by atoms with Gasteiger partial charge in [0.2, 0.25) is 10.0 Å². The van der Waals surface area contributed by atoms with E-state index in [4.69, 9.17) is 9.47 Å². The van der Waals surface area contributed by atoms with Crippen LogP contribution in [0.5, 0.6) is 11.5 Å². The number of ether oxygens (including phenoxy) is 2. The van der Waals surface area contributed by atoms with Gasteiger partial charge in [-0.05, 0) is 26.0 Å². The zero-order valence-electron chi connectivity index (χ0n) is 12.4. The normalized spacial score (nSPS) is 12.6. The number of hydrogen-bond donors (Lipinski definition) is 1. The molecule has 1 N–H and O–H groups in total. The number of likely N-dealkylation sites (N-methyl/N-ethyl adjacent to an activating group) is 1. The molecule has 0 aromatic heterocycles. The zero-order valence-corrected chi connectivity index (χ0v) is 13.2. The zero-order chi connectivity index (χ0) is 15.6. The third-order valence-corrected chi connectivity index (χ3v) is 4.47. The van der Waals surface area contributed by atoms with E-state index in [1.165, 1.54) is 39.5 Å². The molecule has 1 aromatic rings. The molecule has 0 bridgehead atoms. The molecule has 0 unspecified atom stereocenters. The first kappa shape index (κ1) is 16.7. The Morgan fingerprint density at radius 3 is 2.20 bits per heavy atom. The first-order valence-corrected chi connectivity index (χ1v) is 7.46. The van der Waals surface area contributed by atoms with Crippen molar-refractivity contribution in [2.24, 2.45) is 0 Å². The van der Waals surface area contributed by atoms with Gasteiger partial charge in [-0.2, -0.15) is 4.31 Å². The molecule has 0 saturated heterocycles. The summed E-state index contributed by atoms with van der Waals surface area (Å²) in [5.41, 5.74) is -1.11. The average molecular weight is 303 g/mol. The van der Waals surface area contributed by atoms with Gasteiger partial charge in [0.25, 0.3) is 0 Å². The van der Waals surface area contributed by atoms with Crippen LogP contribution < -0.4 is 9.47 Å². The highest BCUT2D eigenvalue weighted by molar-refractivity contribution is 7.89. The van der Waals surface area contributed by atoms with Crippen LogP contribution in [0.3, 0.4) is 0 Å². The van der Waals surface area contributed by atoms with Gasteiger partial charge in [-0.25, -0.2) is 8.42 Å². The minimum absolute atomic E-state index is 0.0102. The molecule has 1 aromatic carbocycles. The average Bonchev–Trinajstić information content (AvgIpc) is 2.35. The van der Waals surface area contributed by atoms with Gasteiger partial charge in [0.1, 0.15) is 0 Å². The lowest BCUT2D eigenvalue weighted by Crippen LogP contribution is -2.39. The number of rotatable bonds is 6. The van der Waals surface area contributed by atoms with E-state index in [9.17, 15) is 13.5 Å². The molecule has 0 aliphatic carbocycles. The van der Waals surface area contributed by atoms with Crippen LogP contribution in [0.1, 0.15) is 13.8 Å². The highest BCUT2D eigenvalue weighted by Crippen LogP contribution is 2.30. The van der Waals surface area contributed by atoms with E-state index >= 15 is 0 Å². The first-order valence-electron chi connectivity index (χ1n) is 6.02. The van der Waals surface area contributed by atoms with Crippen LogP contribution in [0.4, 0.5) is 0 Å². The predicted octanol–water partition coefficient (Wildman–Crippen LogP) is 1.10. The largest absolute Gasteiger partial charge is 0.493 e. The summed E-state index contributed by atoms with van der Waals surface area (Å²) in [4.78, 5) is 0.0851. The third kappa shape index (κ3) is 3.84. The lowest BCUT2D eigenvalue weighted by atomic mass is 10.1. The molecule has 1 rings (SSSR count). The maximum absolute atomic E-state index is 12.4. The van der Waals surface area contributed by atoms with Gasteiger partial charge >= 0.3 is 0 Å². The second-order valence-corrected chi connectivity index (χ2v) is 7.14. The SMILES string of the molecule is COc1ccc(S(=O)(=O)N(C)CC(C)(C)O)cc1OC. The van der Waals surface area contributed by atoms with Crippen molar-refractivity contribution in [3.8, 4) is 11.5 Å². The fourth-order valence-electron chi connectivity index (χ4n) is 1.79. The fourth-order valence-corrected chi connectivity index (χ4v) is 3.13. The van der Waals surface area contributed by atoms with Gasteiger partial charge in [-0.3, -0.25) is 0 Å². The summed E-state index contributed by atoms with van der Waals surface area (Å²) in [6.07, 6.45) is 0. The van der Waals surface area contributed by atoms with E-state index < -0.39 is 15.6 Å². The summed E-state index contributed by atoms with van der Waals surface area (Å²) in [5, 5.41) is 9.73. The maximum atomic E-state index is 12.4. The smallest absolute Gasteiger partial charge is 0.243 e. The van der Waals surface area contributed by atoms with E-state index in [1.54, 1.807) is 13.8 Å². The van der Waals surface area contributed by atoms with E-state index in [-0.39, 0.29) is 11.4 Å². The van der Waals surface area contributed by atoms with Gasteiger partial charge < -0.3 is 14.6 Å². The third-order valence-electron chi connectivity index (χ3n) is 2.67. The number of methoxy groups -OCH3 is 2. The molecule has 0 aliphatic heterocycles. The van der Waals surface area contributed by atoms with E-state index in [0.717, 1.165) is 4.31 Å². The Balaban J connectivity index is 3.16. The number of sulfonamides is 1. The summed E-state index contributed by atoms with van der Waals surface area (Å²) in [5.74, 6) is 0.793. The van der Waals surface area contributed by atoms with Gasteiger partial charge in [0, 0.05) is 19.7 Å². The second-order valence-electron chi connectivity index (χ2n) is 5.09. The Hall–Kier alpha value is -1.31. The Morgan fingerprint density at radius 2 is 1.75 bits per heavy atom. The topological polar surface area (TPSA) is 76.1 Å². The van der Waals surface area contributed by atoms with Crippen LogP contribution in [0, 0.1) is 0 Å². The number of benzene rings is 1. The van der Waals surface area contributed by atoms with Gasteiger partial charge in [0.05, 0.1) is 24.7 Å². The van der Waals surface area contributed by atoms with Gasteiger partial charge in [-0.15, -0.1) is 0 Å². The van der Waals surface area contributed by atoms with Crippen molar-refractivity contribution in [1.29, 1.82) is 0 Å². The molecule has 0 spiro atoms. The molecule has 0 amide bonds. The lowest BCUT2D eigenvalue weighted by Gasteiger charge is -2.25. The molecule has 0 fully saturated rings. The van der Waals surface area contributed by atoms with Crippen LogP contribution in [-0.2, 0) is 10.0 Å². The minimum Gasteiger partial charge on any atom is -0.493 e. The van der Waals surface area contributed by atoms with Crippen molar-refractivity contribution in [3.63, 3.8) is 0 Å². The minimum atomic E-state index is -3.69. The second kappa shape index (κ2) is 5.99. The molecule has 0 atom stereocenters. The van der Waals surface area contributed by atoms with Crippen LogP contribution in [-0.4, -0.2) is 51.2 Å². The highest BCUT2D eigenvalue weighted by Gasteiger charge is 2.27. The van der Waals surface area contributed by atoms with E-state index in [2.05, 4.69) is 0 Å². The van der Waals surface area contributed by atoms with Crippen molar-refractivity contribution >= 4 is 10.0 Å². The maximum Gasteiger partial charge on any atom is 0.243 e. The predicted molar refractivity (Wildman–Crippen MR) is 75.7 cm³/mol. The molecular weight excluding hydrogens is 282 g/mol. The molecule has 0 radical (unpaired) electrons. The van der Waals surface area contributed by atoms with Crippen molar-refractivity contribution in [2.75, 3.05) is 27.8 Å². The van der Waals surface area contributed by atoms with Crippen LogP contribution in [0.15, 0.2) is 23.1 Å². The number of nitrogens with zero attached hydrogens (tertiary/aromatic N) is 1. The van der Waals surface area contributed by atoms with E-state index in [1.807, 2.05) is 0 Å². The van der Waals surface area contributed by atoms with Gasteiger partial charge in [0.15, 0.2) is 11.5 Å². The summed E-state index contributed by atoms with van der Waals surface area (Å²) in [6, 6.07) is 4.37. The standard InChI is InChI=1S/C13H21NO5S/c1-13(2,15)9-14(3)20(16,17)10-6-7-11(18-4)12(8-10)19-5/h6-8,15H,9H2,1-5H3. The monoisotopic (exact) mass is 303 g/mol. The van der Waals surface area contributed by atoms with Crippen LogP contribution >= 0.6 is 0 Å². The summed E-state index contributed by atoms with van der Waals surface area (Å²) >= 11 is 0. The fraction of sp³-hybridized carbons (Fsp3) is 0.538. The van der Waals surface area contributed by atoms with E-state index in [0.29, 0.717) is 11.5 Å². The Labute approximate surface area is 120 Å². The number of hydrogen-bond acceptors (Lipinski definition) is 5. The molecule has 0 aliphatic rings. The molecule has 0 heterocycles. The van der Waals surface area contributed by atoms with Crippen LogP contribution in [0.2, 0.25) is 0 Å². The summed E-state index contributed by atoms with van der Waals surface area (Å²) in [7, 11) is 0.647. The van der Waals surface area contributed by atoms with Gasteiger partial charge in [-0.1, -0.05) is 0 Å². The lowest BCUT2D eigenvalue weighted by molar-refractivity contribution is 0.0640. The van der Waals surface area contributed by atoms with Crippen molar-refractivity contribution in [1.82, 2.24) is 4.31 Å². The molecule has 0 saturated carbocycles. The Morgan fingerprint density at radius 1 is 1.20 bits per heavy atom. The Kier molecular flexibility index (Phi) is 5.01. The van der Waals surface area contributed by atoms with Crippen molar-refractivity contribution in [3.05, 3.63) is 18.2 Å². The first-order chi connectivity index (χ1) is 9.11. The summed E-state index contributed by atoms with van der Waals surface area (Å²) in [6.45, 7) is 3.09. The van der Waals surface area contributed by atoms with Crippen molar-refractivity contribution in [2.45, 2.75) is 24.3 Å². The van der Waals surface area contributed by atoms with Crippen LogP contribution in [0.25, 0.3) is 0 Å². The molecule has 7 heteroatoms. The molecule has 114 valence electrons. The van der Waals surface area contributed by atoms with Crippen molar-refractivity contribution < 1.29 is 23.0 Å². The molecular formula is C13H21NO5S. The molecule has 20 heavy (non-hydrogen) atoms. The quantitative estimate of drug-likeness (QED) is 0.851. The Bertz CT molecular complexity index is 563. The summed E-state index contributed by atoms with van der Waals surface area (Å²) < 4.78 is 36.1. The molecule has 6 nitrogen and oxygen atoms in total.